The number of nitrogens with zero attached hydrogens (tertiary/aromatic N) is 1. The van der Waals surface area contributed by atoms with Gasteiger partial charge in [-0.25, -0.2) is 4.90 Å². The first-order chi connectivity index (χ1) is 12.5. The molecule has 0 aliphatic carbocycles. The zero-order valence-electron chi connectivity index (χ0n) is 13.9. The Bertz CT molecular complexity index is 910. The van der Waals surface area contributed by atoms with Crippen LogP contribution in [0.25, 0.3) is 0 Å². The Morgan fingerprint density at radius 1 is 0.923 bits per heavy atom. The lowest BCUT2D eigenvalue weighted by Crippen LogP contribution is -2.32. The molecule has 0 spiro atoms. The number of imide groups is 1. The molecule has 1 N–H and O–H groups in total. The fourth-order valence-electron chi connectivity index (χ4n) is 2.49. The second-order valence-corrected chi connectivity index (χ2v) is 6.12. The molecule has 0 bridgehead atoms. The van der Waals surface area contributed by atoms with Gasteiger partial charge in [0.15, 0.2) is 0 Å². The van der Waals surface area contributed by atoms with Crippen LogP contribution in [0.1, 0.15) is 0 Å². The van der Waals surface area contributed by atoms with Crippen LogP contribution in [0.2, 0.25) is 5.02 Å². The molecule has 134 valence electrons. The molecule has 0 saturated carbocycles. The molecular weight excluding hydrogens is 379 g/mol. The smallest absolute Gasteiger partial charge is 0.283 e. The number of methoxy groups -OCH3 is 2. The van der Waals surface area contributed by atoms with Crippen molar-refractivity contribution >= 4 is 46.4 Å². The lowest BCUT2D eigenvalue weighted by Gasteiger charge is -2.16. The number of nitrogens with one attached hydrogen (secondary N) is 1. The molecule has 2 aromatic rings. The van der Waals surface area contributed by atoms with Crippen molar-refractivity contribution in [3.8, 4) is 11.5 Å². The van der Waals surface area contributed by atoms with Crippen LogP contribution in [-0.4, -0.2) is 26.0 Å². The molecule has 2 amide bonds. The third-order valence-corrected chi connectivity index (χ3v) is 4.36. The van der Waals surface area contributed by atoms with Gasteiger partial charge in [-0.2, -0.15) is 0 Å². The van der Waals surface area contributed by atoms with Crippen molar-refractivity contribution in [1.29, 1.82) is 0 Å². The molecule has 0 saturated heterocycles. The fraction of sp³-hybridized carbons (Fsp3) is 0.111. The van der Waals surface area contributed by atoms with Crippen LogP contribution in [0.4, 0.5) is 11.4 Å². The van der Waals surface area contributed by atoms with E-state index in [2.05, 4.69) is 5.32 Å². The van der Waals surface area contributed by atoms with Crippen LogP contribution < -0.4 is 19.7 Å². The van der Waals surface area contributed by atoms with E-state index in [4.69, 9.17) is 32.7 Å². The van der Waals surface area contributed by atoms with Crippen molar-refractivity contribution in [2.75, 3.05) is 24.4 Å². The Morgan fingerprint density at radius 3 is 2.23 bits per heavy atom. The first kappa shape index (κ1) is 18.1. The quantitative estimate of drug-likeness (QED) is 0.783. The first-order valence-corrected chi connectivity index (χ1v) is 8.25. The average molecular weight is 393 g/mol. The van der Waals surface area contributed by atoms with Gasteiger partial charge in [-0.15, -0.1) is 0 Å². The highest BCUT2D eigenvalue weighted by molar-refractivity contribution is 6.53. The largest absolute Gasteiger partial charge is 0.497 e. The minimum Gasteiger partial charge on any atom is -0.497 e. The summed E-state index contributed by atoms with van der Waals surface area (Å²) < 4.78 is 10.3. The Morgan fingerprint density at radius 2 is 1.62 bits per heavy atom. The molecule has 3 rings (SSSR count). The van der Waals surface area contributed by atoms with Gasteiger partial charge >= 0.3 is 0 Å². The van der Waals surface area contributed by atoms with Crippen molar-refractivity contribution in [2.45, 2.75) is 0 Å². The first-order valence-electron chi connectivity index (χ1n) is 7.49. The number of hydrogen-bond acceptors (Lipinski definition) is 5. The van der Waals surface area contributed by atoms with Gasteiger partial charge in [-0.1, -0.05) is 23.2 Å². The van der Waals surface area contributed by atoms with E-state index >= 15 is 0 Å². The van der Waals surface area contributed by atoms with Crippen LogP contribution >= 0.6 is 23.2 Å². The van der Waals surface area contributed by atoms with Gasteiger partial charge in [0.2, 0.25) is 0 Å². The zero-order chi connectivity index (χ0) is 18.8. The highest BCUT2D eigenvalue weighted by Gasteiger charge is 2.39. The number of halogens is 2. The predicted molar refractivity (Wildman–Crippen MR) is 100.0 cm³/mol. The summed E-state index contributed by atoms with van der Waals surface area (Å²) in [5, 5.41) is 3.08. The van der Waals surface area contributed by atoms with Crippen LogP contribution in [0.3, 0.4) is 0 Å². The summed E-state index contributed by atoms with van der Waals surface area (Å²) in [7, 11) is 3.01. The predicted octanol–water partition coefficient (Wildman–Crippen LogP) is 3.79. The standard InChI is InChI=1S/C18H14Cl2N2O4/c1-25-12-6-4-11(5-7-12)22-17(23)15(20)16(18(22)24)21-13-9-10(19)3-8-14(13)26-2/h3-9,21H,1-2H3. The molecule has 0 aromatic heterocycles. The number of anilines is 2. The summed E-state index contributed by atoms with van der Waals surface area (Å²) in [5.41, 5.74) is 0.757. The minimum atomic E-state index is -0.620. The van der Waals surface area contributed by atoms with Crippen LogP contribution in [0.15, 0.2) is 53.2 Å². The lowest BCUT2D eigenvalue weighted by atomic mass is 10.2. The maximum atomic E-state index is 12.8. The topological polar surface area (TPSA) is 67.9 Å². The number of carbonyl (C=O) groups excluding carboxylic acids is 2. The molecule has 0 atom stereocenters. The number of carbonyl (C=O) groups is 2. The molecule has 1 heterocycles. The third kappa shape index (κ3) is 3.21. The van der Waals surface area contributed by atoms with Crippen LogP contribution in [0.5, 0.6) is 11.5 Å². The van der Waals surface area contributed by atoms with Crippen molar-refractivity contribution in [3.05, 3.63) is 58.2 Å². The number of benzene rings is 2. The summed E-state index contributed by atoms with van der Waals surface area (Å²) in [4.78, 5) is 26.2. The molecule has 1 aliphatic heterocycles. The normalized spacial score (nSPS) is 14.1. The van der Waals surface area contributed by atoms with Gasteiger partial charge in [0.1, 0.15) is 22.2 Å². The van der Waals surface area contributed by atoms with E-state index in [1.807, 2.05) is 0 Å². The Kier molecular flexibility index (Phi) is 5.06. The molecule has 1 aliphatic rings. The number of rotatable bonds is 5. The SMILES string of the molecule is COc1ccc(N2C(=O)C(Cl)=C(Nc3cc(Cl)ccc3OC)C2=O)cc1. The molecule has 26 heavy (non-hydrogen) atoms. The van der Waals surface area contributed by atoms with Gasteiger partial charge < -0.3 is 14.8 Å². The van der Waals surface area contributed by atoms with Crippen LogP contribution in [-0.2, 0) is 9.59 Å². The highest BCUT2D eigenvalue weighted by Crippen LogP contribution is 2.34. The Balaban J connectivity index is 1.93. The molecule has 0 unspecified atom stereocenters. The van der Waals surface area contributed by atoms with E-state index in [1.165, 1.54) is 14.2 Å². The van der Waals surface area contributed by atoms with Crippen molar-refractivity contribution in [3.63, 3.8) is 0 Å². The lowest BCUT2D eigenvalue weighted by molar-refractivity contribution is -0.120. The van der Waals surface area contributed by atoms with Crippen molar-refractivity contribution < 1.29 is 19.1 Å². The summed E-state index contributed by atoms with van der Waals surface area (Å²) in [5.74, 6) is -0.138. The van der Waals surface area contributed by atoms with Crippen molar-refractivity contribution in [2.24, 2.45) is 0 Å². The zero-order valence-corrected chi connectivity index (χ0v) is 15.4. The van der Waals surface area contributed by atoms with E-state index in [0.717, 1.165) is 4.90 Å². The summed E-state index contributed by atoms with van der Waals surface area (Å²) >= 11 is 12.1. The second-order valence-electron chi connectivity index (χ2n) is 5.30. The molecule has 0 radical (unpaired) electrons. The van der Waals surface area contributed by atoms with Gasteiger partial charge in [-0.05, 0) is 42.5 Å². The van der Waals surface area contributed by atoms with E-state index in [0.29, 0.717) is 27.9 Å². The minimum absolute atomic E-state index is 0.0481. The molecule has 2 aromatic carbocycles. The van der Waals surface area contributed by atoms with E-state index in [1.54, 1.807) is 42.5 Å². The highest BCUT2D eigenvalue weighted by atomic mass is 35.5. The number of hydrogen-bond donors (Lipinski definition) is 1. The number of ether oxygens (including phenoxy) is 2. The molecule has 8 heteroatoms. The maximum Gasteiger partial charge on any atom is 0.283 e. The van der Waals surface area contributed by atoms with Gasteiger partial charge in [0.25, 0.3) is 11.8 Å². The Hall–Kier alpha value is -2.70. The summed E-state index contributed by atoms with van der Waals surface area (Å²) in [6.07, 6.45) is 0. The maximum absolute atomic E-state index is 12.8. The van der Waals surface area contributed by atoms with Crippen LogP contribution in [0, 0.1) is 0 Å². The summed E-state index contributed by atoms with van der Waals surface area (Å²) in [6, 6.07) is 11.4. The number of amides is 2. The second kappa shape index (κ2) is 7.27. The molecule has 6 nitrogen and oxygen atoms in total. The fourth-order valence-corrected chi connectivity index (χ4v) is 2.87. The van der Waals surface area contributed by atoms with Gasteiger partial charge in [-0.3, -0.25) is 9.59 Å². The monoisotopic (exact) mass is 392 g/mol. The molecule has 0 fully saturated rings. The van der Waals surface area contributed by atoms with Gasteiger partial charge in [0, 0.05) is 5.02 Å². The Labute approximate surface area is 159 Å². The van der Waals surface area contributed by atoms with E-state index in [-0.39, 0.29) is 10.7 Å². The summed E-state index contributed by atoms with van der Waals surface area (Å²) in [6.45, 7) is 0. The van der Waals surface area contributed by atoms with Crippen molar-refractivity contribution in [1.82, 2.24) is 0 Å². The van der Waals surface area contributed by atoms with Gasteiger partial charge in [0.05, 0.1) is 25.6 Å². The van der Waals surface area contributed by atoms with E-state index < -0.39 is 11.8 Å². The third-order valence-electron chi connectivity index (χ3n) is 3.78. The average Bonchev–Trinajstić information content (AvgIpc) is 2.85. The van der Waals surface area contributed by atoms with E-state index in [9.17, 15) is 9.59 Å². The molecular formula is C18H14Cl2N2O4.